The second kappa shape index (κ2) is 3.59. The molecule has 2 heterocycles. The van der Waals surface area contributed by atoms with Crippen molar-refractivity contribution < 1.29 is 0 Å². The summed E-state index contributed by atoms with van der Waals surface area (Å²) in [5.74, 6) is 1.95. The number of nitrogens with zero attached hydrogens (tertiary/aromatic N) is 3. The molecule has 0 amide bonds. The molecule has 0 bridgehead atoms. The lowest BCUT2D eigenvalue weighted by Gasteiger charge is -2.09. The van der Waals surface area contributed by atoms with E-state index < -0.39 is 0 Å². The van der Waals surface area contributed by atoms with Crippen LogP contribution in [-0.4, -0.2) is 14.5 Å². The average Bonchev–Trinajstić information content (AvgIpc) is 2.66. The number of imidazole rings is 1. The zero-order chi connectivity index (χ0) is 11.0. The molecule has 0 saturated heterocycles. The number of aryl methyl sites for hydroxylation is 2. The minimum absolute atomic E-state index is 0.945. The van der Waals surface area contributed by atoms with E-state index in [9.17, 15) is 0 Å². The Balaban J connectivity index is 2.22. The van der Waals surface area contributed by atoms with Crippen LogP contribution in [0.3, 0.4) is 0 Å². The van der Waals surface area contributed by atoms with Crippen molar-refractivity contribution in [3.63, 3.8) is 0 Å². The summed E-state index contributed by atoms with van der Waals surface area (Å²) in [4.78, 5) is 8.98. The lowest BCUT2D eigenvalue weighted by atomic mass is 10.1. The SMILES string of the molecule is Cc1nc2c(n1-c1ccccn1)C=CCC2. The Morgan fingerprint density at radius 2 is 2.25 bits per heavy atom. The Kier molecular flexibility index (Phi) is 2.10. The molecule has 1 aliphatic rings. The first-order chi connectivity index (χ1) is 7.86. The van der Waals surface area contributed by atoms with Gasteiger partial charge < -0.3 is 0 Å². The van der Waals surface area contributed by atoms with E-state index in [0.29, 0.717) is 0 Å². The fourth-order valence-corrected chi connectivity index (χ4v) is 2.15. The fourth-order valence-electron chi connectivity index (χ4n) is 2.15. The summed E-state index contributed by atoms with van der Waals surface area (Å²) < 4.78 is 2.12. The minimum Gasteiger partial charge on any atom is -0.281 e. The van der Waals surface area contributed by atoms with Crippen molar-refractivity contribution in [2.75, 3.05) is 0 Å². The Morgan fingerprint density at radius 1 is 1.31 bits per heavy atom. The maximum Gasteiger partial charge on any atom is 0.138 e. The topological polar surface area (TPSA) is 30.7 Å². The van der Waals surface area contributed by atoms with E-state index in [1.165, 1.54) is 11.4 Å². The van der Waals surface area contributed by atoms with Gasteiger partial charge in [0, 0.05) is 6.20 Å². The second-order valence-corrected chi connectivity index (χ2v) is 3.96. The molecular formula is C13H13N3. The molecule has 2 aromatic rings. The standard InChI is InChI=1S/C13H13N3/c1-10-15-11-6-2-3-7-12(11)16(10)13-8-4-5-9-14-13/h3-5,7-9H,2,6H2,1H3. The third kappa shape index (κ3) is 1.36. The van der Waals surface area contributed by atoms with Gasteiger partial charge in [0.15, 0.2) is 0 Å². The summed E-state index contributed by atoms with van der Waals surface area (Å²) in [6.07, 6.45) is 8.28. The smallest absolute Gasteiger partial charge is 0.138 e. The molecule has 3 rings (SSSR count). The third-order valence-corrected chi connectivity index (χ3v) is 2.86. The summed E-state index contributed by atoms with van der Waals surface area (Å²) in [5.41, 5.74) is 2.37. The van der Waals surface area contributed by atoms with Crippen molar-refractivity contribution in [2.45, 2.75) is 19.8 Å². The molecule has 1 aliphatic carbocycles. The van der Waals surface area contributed by atoms with Crippen LogP contribution < -0.4 is 0 Å². The maximum atomic E-state index is 4.60. The summed E-state index contributed by atoms with van der Waals surface area (Å²) in [5, 5.41) is 0. The zero-order valence-corrected chi connectivity index (χ0v) is 9.22. The number of rotatable bonds is 1. The highest BCUT2D eigenvalue weighted by atomic mass is 15.1. The number of aromatic nitrogens is 3. The summed E-state index contributed by atoms with van der Waals surface area (Å²) in [6.45, 7) is 2.03. The van der Waals surface area contributed by atoms with Crippen LogP contribution in [0.25, 0.3) is 11.9 Å². The van der Waals surface area contributed by atoms with Crippen molar-refractivity contribution in [3.8, 4) is 5.82 Å². The summed E-state index contributed by atoms with van der Waals surface area (Å²) >= 11 is 0. The second-order valence-electron chi connectivity index (χ2n) is 3.96. The lowest BCUT2D eigenvalue weighted by Crippen LogP contribution is -2.03. The highest BCUT2D eigenvalue weighted by Crippen LogP contribution is 2.22. The first kappa shape index (κ1) is 9.33. The van der Waals surface area contributed by atoms with Gasteiger partial charge in [-0.05, 0) is 38.0 Å². The monoisotopic (exact) mass is 211 g/mol. The molecule has 0 aliphatic heterocycles. The van der Waals surface area contributed by atoms with Gasteiger partial charge >= 0.3 is 0 Å². The molecule has 3 heteroatoms. The predicted molar refractivity (Wildman–Crippen MR) is 63.5 cm³/mol. The van der Waals surface area contributed by atoms with Gasteiger partial charge in [-0.25, -0.2) is 9.97 Å². The number of fused-ring (bicyclic) bond motifs is 1. The van der Waals surface area contributed by atoms with Gasteiger partial charge in [-0.15, -0.1) is 0 Å². The van der Waals surface area contributed by atoms with Crippen LogP contribution in [0.15, 0.2) is 30.5 Å². The maximum absolute atomic E-state index is 4.60. The van der Waals surface area contributed by atoms with Gasteiger partial charge in [0.05, 0.1) is 11.4 Å². The van der Waals surface area contributed by atoms with Gasteiger partial charge in [-0.2, -0.15) is 0 Å². The quantitative estimate of drug-likeness (QED) is 0.725. The summed E-state index contributed by atoms with van der Waals surface area (Å²) in [7, 11) is 0. The van der Waals surface area contributed by atoms with Crippen molar-refractivity contribution >= 4 is 6.08 Å². The zero-order valence-electron chi connectivity index (χ0n) is 9.22. The van der Waals surface area contributed by atoms with Crippen LogP contribution in [-0.2, 0) is 6.42 Å². The Morgan fingerprint density at radius 3 is 3.06 bits per heavy atom. The van der Waals surface area contributed by atoms with Gasteiger partial charge in [0.1, 0.15) is 11.6 Å². The highest BCUT2D eigenvalue weighted by molar-refractivity contribution is 5.54. The van der Waals surface area contributed by atoms with Crippen LogP contribution in [0.5, 0.6) is 0 Å². The third-order valence-electron chi connectivity index (χ3n) is 2.86. The van der Waals surface area contributed by atoms with Crippen LogP contribution >= 0.6 is 0 Å². The normalized spacial score (nSPS) is 13.8. The Hall–Kier alpha value is -1.90. The van der Waals surface area contributed by atoms with Crippen molar-refractivity contribution in [2.24, 2.45) is 0 Å². The van der Waals surface area contributed by atoms with E-state index >= 15 is 0 Å². The lowest BCUT2D eigenvalue weighted by molar-refractivity contribution is 0.920. The first-order valence-electron chi connectivity index (χ1n) is 5.52. The van der Waals surface area contributed by atoms with Crippen molar-refractivity contribution in [3.05, 3.63) is 47.7 Å². The molecule has 0 unspecified atom stereocenters. The molecule has 16 heavy (non-hydrogen) atoms. The number of pyridine rings is 1. The molecule has 0 aromatic carbocycles. The predicted octanol–water partition coefficient (Wildman–Crippen LogP) is 2.54. The number of allylic oxidation sites excluding steroid dienone is 1. The molecule has 0 atom stereocenters. The summed E-state index contributed by atoms with van der Waals surface area (Å²) in [6, 6.07) is 5.94. The number of hydrogen-bond acceptors (Lipinski definition) is 2. The van der Waals surface area contributed by atoms with Crippen molar-refractivity contribution in [1.29, 1.82) is 0 Å². The first-order valence-corrected chi connectivity index (χ1v) is 5.52. The molecule has 2 aromatic heterocycles. The van der Waals surface area contributed by atoms with E-state index in [2.05, 4.69) is 26.7 Å². The van der Waals surface area contributed by atoms with Gasteiger partial charge in [-0.3, -0.25) is 4.57 Å². The Labute approximate surface area is 94.5 Å². The van der Waals surface area contributed by atoms with Crippen LogP contribution in [0.4, 0.5) is 0 Å². The molecule has 0 spiro atoms. The molecule has 0 saturated carbocycles. The molecule has 80 valence electrons. The largest absolute Gasteiger partial charge is 0.281 e. The molecule has 0 N–H and O–H groups in total. The van der Waals surface area contributed by atoms with Crippen LogP contribution in [0, 0.1) is 6.92 Å². The molecular weight excluding hydrogens is 198 g/mol. The Bertz CT molecular complexity index is 538. The van der Waals surface area contributed by atoms with E-state index in [-0.39, 0.29) is 0 Å². The van der Waals surface area contributed by atoms with Gasteiger partial charge in [0.2, 0.25) is 0 Å². The molecule has 3 nitrogen and oxygen atoms in total. The van der Waals surface area contributed by atoms with Crippen LogP contribution in [0.2, 0.25) is 0 Å². The van der Waals surface area contributed by atoms with E-state index in [1.807, 2.05) is 31.3 Å². The van der Waals surface area contributed by atoms with Crippen molar-refractivity contribution in [1.82, 2.24) is 14.5 Å². The molecule has 0 fully saturated rings. The van der Waals surface area contributed by atoms with E-state index in [4.69, 9.17) is 0 Å². The average molecular weight is 211 g/mol. The fraction of sp³-hybridized carbons (Fsp3) is 0.231. The van der Waals surface area contributed by atoms with Gasteiger partial charge in [0.25, 0.3) is 0 Å². The van der Waals surface area contributed by atoms with Crippen LogP contribution in [0.1, 0.15) is 23.6 Å². The van der Waals surface area contributed by atoms with Gasteiger partial charge in [-0.1, -0.05) is 12.1 Å². The highest BCUT2D eigenvalue weighted by Gasteiger charge is 2.15. The molecule has 0 radical (unpaired) electrons. The van der Waals surface area contributed by atoms with E-state index in [0.717, 1.165) is 24.5 Å². The minimum atomic E-state index is 0.945. The van der Waals surface area contributed by atoms with E-state index in [1.54, 1.807) is 0 Å². The number of hydrogen-bond donors (Lipinski definition) is 0.